The third-order valence-electron chi connectivity index (χ3n) is 26.0. The first-order chi connectivity index (χ1) is 51.8. The van der Waals surface area contributed by atoms with Gasteiger partial charge < -0.3 is 39.7 Å². The van der Waals surface area contributed by atoms with Gasteiger partial charge in [-0.2, -0.15) is 0 Å². The van der Waals surface area contributed by atoms with Gasteiger partial charge in [0, 0.05) is 36.9 Å². The Hall–Kier alpha value is -1.30. The van der Waals surface area contributed by atoms with E-state index >= 15 is 0 Å². The number of esters is 2. The summed E-state index contributed by atoms with van der Waals surface area (Å²) in [5, 5.41) is 45.9. The molecule has 2 rings (SSSR count). The summed E-state index contributed by atoms with van der Waals surface area (Å²) in [5.74, 6) is 7.82. The summed E-state index contributed by atoms with van der Waals surface area (Å²) in [7, 11) is 2.70. The van der Waals surface area contributed by atoms with Gasteiger partial charge in [0.25, 0.3) is 0 Å². The topological polar surface area (TPSA) is 163 Å². The van der Waals surface area contributed by atoms with Crippen LogP contribution in [-0.4, -0.2) is 97.9 Å². The molecule has 0 aromatic rings. The highest BCUT2D eigenvalue weighted by Crippen LogP contribution is 2.50. The molecule has 8 unspecified atom stereocenters. The fourth-order valence-corrected chi connectivity index (χ4v) is 18.1. The molecule has 0 amide bonds. The van der Waals surface area contributed by atoms with Crippen molar-refractivity contribution >= 4 is 11.9 Å². The zero-order valence-electron chi connectivity index (χ0n) is 73.5. The number of unbranched alkanes of at least 4 members (excludes halogenated alkanes) is 40. The van der Waals surface area contributed by atoms with Crippen LogP contribution in [0.5, 0.6) is 0 Å². The van der Waals surface area contributed by atoms with Gasteiger partial charge in [0.1, 0.15) is 0 Å². The predicted molar refractivity (Wildman–Crippen MR) is 459 cm³/mol. The summed E-state index contributed by atoms with van der Waals surface area (Å²) >= 11 is 0. The van der Waals surface area contributed by atoms with Crippen LogP contribution in [0, 0.1) is 58.2 Å². The number of rotatable bonds is 72. The predicted octanol–water partition coefficient (Wildman–Crippen LogP) is 28.1. The Morgan fingerprint density at radius 2 is 0.462 bits per heavy atom. The van der Waals surface area contributed by atoms with Crippen LogP contribution >= 0.6 is 0 Å². The lowest BCUT2D eigenvalue weighted by Gasteiger charge is -2.44. The summed E-state index contributed by atoms with van der Waals surface area (Å²) in [5.41, 5.74) is -0.743. The highest BCUT2D eigenvalue weighted by Gasteiger charge is 2.40. The average molecular weight is 1510 g/mol. The van der Waals surface area contributed by atoms with Crippen LogP contribution in [-0.2, 0) is 23.8 Å². The molecule has 0 radical (unpaired) electrons. The van der Waals surface area contributed by atoms with Gasteiger partial charge in [-0.15, -0.1) is 0 Å². The van der Waals surface area contributed by atoms with E-state index in [1.165, 1.54) is 329 Å². The number of carbonyl (C=O) groups is 2. The molecule has 2 aliphatic carbocycles. The fourth-order valence-electron chi connectivity index (χ4n) is 18.1. The van der Waals surface area contributed by atoms with E-state index in [0.717, 1.165) is 73.0 Å². The molecule has 10 heteroatoms. The lowest BCUT2D eigenvalue weighted by atomic mass is 9.61. The third-order valence-corrected chi connectivity index (χ3v) is 26.0. The van der Waals surface area contributed by atoms with E-state index in [4.69, 9.17) is 14.9 Å². The van der Waals surface area contributed by atoms with Gasteiger partial charge in [-0.05, 0) is 144 Å². The van der Waals surface area contributed by atoms with Crippen molar-refractivity contribution < 1.29 is 49.3 Å². The van der Waals surface area contributed by atoms with Gasteiger partial charge in [0.2, 0.25) is 0 Å². The lowest BCUT2D eigenvalue weighted by molar-refractivity contribution is -0.142. The Bertz CT molecular complexity index is 1690. The molecular formula is C96H192O10. The fraction of sp³-hybridized carbons (Fsp3) is 0.979. The van der Waals surface area contributed by atoms with Crippen molar-refractivity contribution in [3.8, 4) is 0 Å². The van der Waals surface area contributed by atoms with Crippen LogP contribution in [0.1, 0.15) is 486 Å². The molecule has 0 aromatic heterocycles. The number of hydrogen-bond acceptors (Lipinski definition) is 10. The molecule has 8 atom stereocenters. The lowest BCUT2D eigenvalue weighted by Crippen LogP contribution is -2.37. The second-order valence-electron chi connectivity index (χ2n) is 34.5. The zero-order chi connectivity index (χ0) is 78.5. The van der Waals surface area contributed by atoms with Gasteiger partial charge in [-0.3, -0.25) is 9.59 Å². The van der Waals surface area contributed by atoms with E-state index < -0.39 is 5.41 Å². The highest BCUT2D eigenvalue weighted by atomic mass is 16.5. The molecule has 0 aliphatic heterocycles. The number of aliphatic hydroxyl groups is 5. The second kappa shape index (κ2) is 80.3. The molecule has 0 spiro atoms. The van der Waals surface area contributed by atoms with Gasteiger partial charge in [-0.25, -0.2) is 0 Å². The normalized spacial score (nSPS) is 18.9. The van der Waals surface area contributed by atoms with E-state index in [0.29, 0.717) is 58.5 Å². The van der Waals surface area contributed by atoms with Crippen LogP contribution in [0.15, 0.2) is 0 Å². The van der Waals surface area contributed by atoms with Crippen LogP contribution in [0.25, 0.3) is 0 Å². The molecule has 0 bridgehead atoms. The van der Waals surface area contributed by atoms with Crippen LogP contribution in [0.3, 0.4) is 0 Å². The molecule has 0 heterocycles. The number of aliphatic hydroxyl groups excluding tert-OH is 5. The quantitative estimate of drug-likeness (QED) is 0.0293. The standard InChI is InChI=1S/C38H76O.C37H74O.C13H28O4.C8H14O4/c1-4-7-10-13-17-20-24-29-36-33-32-35(28-23-11-8-5-2)37(30-25-12-9-6-3)38(36)31-26-21-18-15-14-16-19-22-27-34-39;1-4-7-10-13-16-19-23-28-35-32-31-34(27-22-11-8-5-2)36(29-24-12-9-6-3)37(35)30-25-20-17-14-15-18-21-26-33-38;1-4-12(5-2,7-14)10-17-11-13(6-3,8-15)9-16;1-11-7(9)5-3-4-6-8(10)12-2/h35-39H,4-34H2,1-3H3;34-38H,4-33H2,1-3H3;14-16H,4-11H2,1-3H3;3-6H2,1-2H3. The van der Waals surface area contributed by atoms with Crippen molar-refractivity contribution in [1.82, 2.24) is 0 Å². The smallest absolute Gasteiger partial charge is 0.305 e. The number of ether oxygens (including phenoxy) is 3. The molecular weight excluding hydrogens is 1310 g/mol. The maximum Gasteiger partial charge on any atom is 0.305 e. The van der Waals surface area contributed by atoms with Crippen LogP contribution in [0.2, 0.25) is 0 Å². The van der Waals surface area contributed by atoms with E-state index in [1.807, 2.05) is 20.8 Å². The summed E-state index contributed by atoms with van der Waals surface area (Å²) in [6.45, 7) is 21.6. The van der Waals surface area contributed by atoms with E-state index in [1.54, 1.807) is 51.4 Å². The first-order valence-corrected chi connectivity index (χ1v) is 47.6. The minimum atomic E-state index is -0.553. The molecule has 2 saturated carbocycles. The van der Waals surface area contributed by atoms with Crippen LogP contribution < -0.4 is 0 Å². The SMILES string of the molecule is CCC(CC)(CO)COCC(CC)(CO)CO.CCCCCCCCCC1CCC(CCCCCC)C(CCCCCC)C1CCCCCCCCCCCO.CCCCCCCCCC1CCC(CCCCCC)C(CCCCCC)C1CCCCCCCCCCO.COC(=O)CCCCC(=O)OC. The molecule has 2 fully saturated rings. The summed E-state index contributed by atoms with van der Waals surface area (Å²) in [6.07, 6.45) is 89.5. The zero-order valence-corrected chi connectivity index (χ0v) is 73.5. The van der Waals surface area contributed by atoms with Crippen molar-refractivity contribution in [2.45, 2.75) is 486 Å². The summed E-state index contributed by atoms with van der Waals surface area (Å²) < 4.78 is 14.5. The molecule has 636 valence electrons. The largest absolute Gasteiger partial charge is 0.469 e. The molecule has 10 nitrogen and oxygen atoms in total. The highest BCUT2D eigenvalue weighted by molar-refractivity contribution is 5.70. The van der Waals surface area contributed by atoms with Gasteiger partial charge >= 0.3 is 11.9 Å². The minimum absolute atomic E-state index is 0.0790. The van der Waals surface area contributed by atoms with Gasteiger partial charge in [0.05, 0.1) is 47.3 Å². The maximum absolute atomic E-state index is 10.6. The first-order valence-electron chi connectivity index (χ1n) is 47.6. The van der Waals surface area contributed by atoms with Gasteiger partial charge in [0.15, 0.2) is 0 Å². The monoisotopic (exact) mass is 1510 g/mol. The average Bonchev–Trinajstić information content (AvgIpc) is 0.824. The molecule has 5 N–H and O–H groups in total. The van der Waals surface area contributed by atoms with Crippen molar-refractivity contribution in [2.75, 3.05) is 60.5 Å². The van der Waals surface area contributed by atoms with E-state index in [2.05, 4.69) is 51.0 Å². The van der Waals surface area contributed by atoms with Crippen molar-refractivity contribution in [2.24, 2.45) is 58.2 Å². The minimum Gasteiger partial charge on any atom is -0.469 e. The van der Waals surface area contributed by atoms with Gasteiger partial charge in [-0.1, -0.05) is 377 Å². The third kappa shape index (κ3) is 58.5. The Balaban J connectivity index is 0. The first kappa shape index (κ1) is 107. The molecule has 0 saturated heterocycles. The number of hydrogen-bond donors (Lipinski definition) is 5. The second-order valence-corrected chi connectivity index (χ2v) is 34.5. The molecule has 2 aliphatic rings. The summed E-state index contributed by atoms with van der Waals surface area (Å²) in [4.78, 5) is 21.2. The van der Waals surface area contributed by atoms with E-state index in [9.17, 15) is 24.9 Å². The number of methoxy groups -OCH3 is 2. The van der Waals surface area contributed by atoms with Crippen molar-refractivity contribution in [3.63, 3.8) is 0 Å². The van der Waals surface area contributed by atoms with Crippen molar-refractivity contribution in [3.05, 3.63) is 0 Å². The Kier molecular flexibility index (Phi) is 80.9. The van der Waals surface area contributed by atoms with E-state index in [-0.39, 0.29) is 37.2 Å². The Labute approximate surface area is 662 Å². The number of carbonyl (C=O) groups excluding carboxylic acids is 2. The molecule has 0 aromatic carbocycles. The van der Waals surface area contributed by atoms with Crippen LogP contribution in [0.4, 0.5) is 0 Å². The van der Waals surface area contributed by atoms with Crippen molar-refractivity contribution in [1.29, 1.82) is 0 Å². The maximum atomic E-state index is 10.6. The summed E-state index contributed by atoms with van der Waals surface area (Å²) in [6, 6.07) is 0. The Morgan fingerprint density at radius 3 is 0.670 bits per heavy atom. The molecule has 106 heavy (non-hydrogen) atoms. The Morgan fingerprint density at radius 1 is 0.264 bits per heavy atom.